The number of fused-ring (bicyclic) bond motifs is 1. The van der Waals surface area contributed by atoms with Crippen molar-refractivity contribution in [2.24, 2.45) is 0 Å². The number of hydrogen-bond acceptors (Lipinski definition) is 4. The molecule has 0 unspecified atom stereocenters. The predicted octanol–water partition coefficient (Wildman–Crippen LogP) is 2.84. The van der Waals surface area contributed by atoms with Gasteiger partial charge in [0.1, 0.15) is 0 Å². The van der Waals surface area contributed by atoms with Crippen molar-refractivity contribution in [2.45, 2.75) is 33.4 Å². The number of amides is 1. The fraction of sp³-hybridized carbons (Fsp3) is 0.286. The van der Waals surface area contributed by atoms with Gasteiger partial charge in [-0.1, -0.05) is 31.2 Å². The summed E-state index contributed by atoms with van der Waals surface area (Å²) < 4.78 is 1.49. The van der Waals surface area contributed by atoms with E-state index in [1.165, 1.54) is 10.9 Å². The molecular weight excluding hydrogens is 340 g/mol. The molecule has 0 aliphatic rings. The highest BCUT2D eigenvalue weighted by molar-refractivity contribution is 5.90. The molecule has 6 heteroatoms. The Kier molecular flexibility index (Phi) is 5.98. The van der Waals surface area contributed by atoms with Gasteiger partial charge in [-0.3, -0.25) is 14.2 Å². The van der Waals surface area contributed by atoms with Gasteiger partial charge in [0, 0.05) is 25.2 Å². The van der Waals surface area contributed by atoms with E-state index in [0.717, 1.165) is 29.9 Å². The highest BCUT2D eigenvalue weighted by Gasteiger charge is 2.08. The summed E-state index contributed by atoms with van der Waals surface area (Å²) in [7, 11) is 0. The zero-order valence-corrected chi connectivity index (χ0v) is 15.7. The maximum absolute atomic E-state index is 12.6. The number of anilines is 1. The number of aryl methyl sites for hydroxylation is 2. The van der Waals surface area contributed by atoms with E-state index >= 15 is 0 Å². The van der Waals surface area contributed by atoms with Crippen LogP contribution in [0.4, 0.5) is 5.69 Å². The highest BCUT2D eigenvalue weighted by atomic mass is 16.1. The maximum Gasteiger partial charge on any atom is 0.261 e. The fourth-order valence-corrected chi connectivity index (χ4v) is 2.97. The van der Waals surface area contributed by atoms with Gasteiger partial charge < -0.3 is 10.6 Å². The monoisotopic (exact) mass is 364 g/mol. The molecule has 0 atom stereocenters. The lowest BCUT2D eigenvalue weighted by Gasteiger charge is -2.10. The average Bonchev–Trinajstić information content (AvgIpc) is 2.67. The molecule has 0 saturated carbocycles. The van der Waals surface area contributed by atoms with Crippen LogP contribution in [0.3, 0.4) is 0 Å². The third kappa shape index (κ3) is 4.60. The van der Waals surface area contributed by atoms with E-state index in [0.29, 0.717) is 17.4 Å². The molecule has 2 aromatic carbocycles. The summed E-state index contributed by atoms with van der Waals surface area (Å²) in [5, 5.41) is 6.73. The van der Waals surface area contributed by atoms with Gasteiger partial charge in [-0.2, -0.15) is 0 Å². The van der Waals surface area contributed by atoms with Crippen molar-refractivity contribution in [2.75, 3.05) is 11.9 Å². The number of aromatic nitrogens is 2. The Bertz CT molecular complexity index is 1010. The van der Waals surface area contributed by atoms with Crippen LogP contribution in [0.15, 0.2) is 53.6 Å². The first kappa shape index (κ1) is 18.8. The normalized spacial score (nSPS) is 10.9. The summed E-state index contributed by atoms with van der Waals surface area (Å²) in [5.74, 6) is -0.133. The van der Waals surface area contributed by atoms with Crippen molar-refractivity contribution in [1.82, 2.24) is 14.9 Å². The van der Waals surface area contributed by atoms with Crippen molar-refractivity contribution in [3.63, 3.8) is 0 Å². The lowest BCUT2D eigenvalue weighted by Crippen LogP contribution is -2.24. The topological polar surface area (TPSA) is 76.0 Å². The predicted molar refractivity (Wildman–Crippen MR) is 108 cm³/mol. The van der Waals surface area contributed by atoms with Crippen LogP contribution in [0.5, 0.6) is 0 Å². The van der Waals surface area contributed by atoms with Gasteiger partial charge in [0.15, 0.2) is 0 Å². The molecule has 2 N–H and O–H groups in total. The van der Waals surface area contributed by atoms with Gasteiger partial charge in [0.25, 0.3) is 5.56 Å². The summed E-state index contributed by atoms with van der Waals surface area (Å²) in [6.07, 6.45) is 1.72. The van der Waals surface area contributed by atoms with Crippen molar-refractivity contribution in [3.05, 3.63) is 70.3 Å². The molecule has 27 heavy (non-hydrogen) atoms. The molecule has 0 spiro atoms. The molecule has 1 aromatic heterocycles. The Balaban J connectivity index is 1.65. The summed E-state index contributed by atoms with van der Waals surface area (Å²) in [6, 6.07) is 13.3. The number of carbonyl (C=O) groups is 1. The largest absolute Gasteiger partial charge is 0.326 e. The smallest absolute Gasteiger partial charge is 0.261 e. The van der Waals surface area contributed by atoms with Gasteiger partial charge in [0.2, 0.25) is 5.91 Å². The summed E-state index contributed by atoms with van der Waals surface area (Å²) in [6.45, 7) is 5.92. The van der Waals surface area contributed by atoms with Gasteiger partial charge in [-0.15, -0.1) is 0 Å². The minimum Gasteiger partial charge on any atom is -0.326 e. The number of para-hydroxylation sites is 1. The Morgan fingerprint density at radius 3 is 2.81 bits per heavy atom. The Hall–Kier alpha value is -2.99. The van der Waals surface area contributed by atoms with Crippen LogP contribution < -0.4 is 16.2 Å². The molecule has 0 bridgehead atoms. The third-order valence-electron chi connectivity index (χ3n) is 4.42. The first-order valence-electron chi connectivity index (χ1n) is 9.12. The second-order valence-corrected chi connectivity index (χ2v) is 6.49. The minimum absolute atomic E-state index is 0.121. The third-order valence-corrected chi connectivity index (χ3v) is 4.42. The van der Waals surface area contributed by atoms with Crippen molar-refractivity contribution in [3.8, 4) is 0 Å². The van der Waals surface area contributed by atoms with Crippen LogP contribution in [0.2, 0.25) is 0 Å². The number of nitrogens with zero attached hydrogens (tertiary/aromatic N) is 2. The van der Waals surface area contributed by atoms with Crippen LogP contribution >= 0.6 is 0 Å². The molecule has 0 radical (unpaired) electrons. The number of nitrogens with one attached hydrogen (secondary N) is 2. The second kappa shape index (κ2) is 8.60. The van der Waals surface area contributed by atoms with E-state index in [-0.39, 0.29) is 17.9 Å². The van der Waals surface area contributed by atoms with Gasteiger partial charge in [-0.05, 0) is 42.8 Å². The molecule has 140 valence electrons. The molecule has 3 rings (SSSR count). The summed E-state index contributed by atoms with van der Waals surface area (Å²) in [5.41, 5.74) is 3.42. The summed E-state index contributed by atoms with van der Waals surface area (Å²) in [4.78, 5) is 29.2. The fourth-order valence-electron chi connectivity index (χ4n) is 2.97. The Morgan fingerprint density at radius 1 is 1.19 bits per heavy atom. The van der Waals surface area contributed by atoms with E-state index in [4.69, 9.17) is 0 Å². The van der Waals surface area contributed by atoms with Gasteiger partial charge >= 0.3 is 0 Å². The van der Waals surface area contributed by atoms with E-state index in [2.05, 4.69) is 22.5 Å². The molecule has 0 aliphatic carbocycles. The van der Waals surface area contributed by atoms with Crippen LogP contribution in [0.25, 0.3) is 10.9 Å². The van der Waals surface area contributed by atoms with Crippen molar-refractivity contribution >= 4 is 22.5 Å². The molecule has 3 aromatic rings. The van der Waals surface area contributed by atoms with Crippen molar-refractivity contribution < 1.29 is 4.79 Å². The van der Waals surface area contributed by atoms with Crippen LogP contribution in [-0.2, 0) is 17.9 Å². The lowest BCUT2D eigenvalue weighted by atomic mass is 10.1. The maximum atomic E-state index is 12.6. The number of rotatable bonds is 7. The molecule has 1 amide bonds. The SMILES string of the molecule is CCNCc1cccc(NC(=O)CCn2cnc3c(C)cccc3c2=O)c1. The molecule has 0 aliphatic heterocycles. The standard InChI is InChI=1S/C21H24N4O2/c1-3-22-13-16-7-5-8-17(12-16)24-19(26)10-11-25-14-23-20-15(2)6-4-9-18(20)21(25)27/h4-9,12,14,22H,3,10-11,13H2,1-2H3,(H,24,26). The molecule has 0 fully saturated rings. The molecule has 1 heterocycles. The zero-order chi connectivity index (χ0) is 19.2. The minimum atomic E-state index is -0.133. The van der Waals surface area contributed by atoms with E-state index in [1.807, 2.05) is 43.3 Å². The van der Waals surface area contributed by atoms with Crippen LogP contribution in [0.1, 0.15) is 24.5 Å². The number of carbonyl (C=O) groups excluding carboxylic acids is 1. The second-order valence-electron chi connectivity index (χ2n) is 6.49. The van der Waals surface area contributed by atoms with Gasteiger partial charge in [0.05, 0.1) is 17.2 Å². The summed E-state index contributed by atoms with van der Waals surface area (Å²) >= 11 is 0. The molecule has 6 nitrogen and oxygen atoms in total. The van der Waals surface area contributed by atoms with Gasteiger partial charge in [-0.25, -0.2) is 4.98 Å². The quantitative estimate of drug-likeness (QED) is 0.676. The van der Waals surface area contributed by atoms with Crippen LogP contribution in [0, 0.1) is 6.92 Å². The number of benzene rings is 2. The lowest BCUT2D eigenvalue weighted by molar-refractivity contribution is -0.116. The first-order valence-corrected chi connectivity index (χ1v) is 9.12. The van der Waals surface area contributed by atoms with Crippen molar-refractivity contribution in [1.29, 1.82) is 0 Å². The molecule has 0 saturated heterocycles. The number of hydrogen-bond donors (Lipinski definition) is 2. The molecular formula is C21H24N4O2. The van der Waals surface area contributed by atoms with E-state index in [1.54, 1.807) is 6.07 Å². The van der Waals surface area contributed by atoms with E-state index in [9.17, 15) is 9.59 Å². The Labute approximate surface area is 158 Å². The average molecular weight is 364 g/mol. The zero-order valence-electron chi connectivity index (χ0n) is 15.7. The van der Waals surface area contributed by atoms with E-state index < -0.39 is 0 Å². The highest BCUT2D eigenvalue weighted by Crippen LogP contribution is 2.12. The van der Waals surface area contributed by atoms with Crippen LogP contribution in [-0.4, -0.2) is 22.0 Å². The first-order chi connectivity index (χ1) is 13.1. The Morgan fingerprint density at radius 2 is 2.00 bits per heavy atom.